The van der Waals surface area contributed by atoms with Gasteiger partial charge in [0.05, 0.1) is 10.9 Å². The lowest BCUT2D eigenvalue weighted by Gasteiger charge is -2.12. The van der Waals surface area contributed by atoms with Crippen LogP contribution >= 0.6 is 11.8 Å². The number of nitrogens with one attached hydrogen (secondary N) is 2. The van der Waals surface area contributed by atoms with Crippen LogP contribution in [0.1, 0.15) is 64.8 Å². The maximum absolute atomic E-state index is 13.2. The fraction of sp³-hybridized carbons (Fsp3) is 0.333. The minimum atomic E-state index is -0.371. The molecule has 0 bridgehead atoms. The number of aryl methyl sites for hydroxylation is 1. The molecule has 8 heteroatoms. The zero-order valence-corrected chi connectivity index (χ0v) is 19.3. The van der Waals surface area contributed by atoms with E-state index in [1.165, 1.54) is 18.7 Å². The van der Waals surface area contributed by atoms with Gasteiger partial charge in [0, 0.05) is 40.0 Å². The minimum Gasteiger partial charge on any atom is -0.360 e. The highest BCUT2D eigenvalue weighted by molar-refractivity contribution is 8.00. The fourth-order valence-corrected chi connectivity index (χ4v) is 5.38. The number of Topliss-reactive ketones (excluding diaryl/α,β-unsaturated/α-hetero) is 2. The van der Waals surface area contributed by atoms with Crippen LogP contribution in [0.5, 0.6) is 0 Å². The number of rotatable bonds is 7. The molecule has 0 aliphatic heterocycles. The SMILES string of the molecule is CC(=O)c1c(C)[nH]c(C(=O)C(C)Sc2nnc(-c3c[nH]c4ccccc34)n2C2CC2)c1C. The Labute approximate surface area is 190 Å². The number of aromatic amines is 2. The molecule has 1 fully saturated rings. The summed E-state index contributed by atoms with van der Waals surface area (Å²) in [6.07, 6.45) is 4.14. The first-order valence-corrected chi connectivity index (χ1v) is 11.7. The summed E-state index contributed by atoms with van der Waals surface area (Å²) in [5.74, 6) is 0.757. The van der Waals surface area contributed by atoms with Crippen LogP contribution in [-0.2, 0) is 0 Å². The van der Waals surface area contributed by atoms with Crippen molar-refractivity contribution in [2.24, 2.45) is 0 Å². The molecule has 0 spiro atoms. The predicted molar refractivity (Wildman–Crippen MR) is 126 cm³/mol. The van der Waals surface area contributed by atoms with E-state index in [1.54, 1.807) is 0 Å². The van der Waals surface area contributed by atoms with Crippen molar-refractivity contribution in [3.05, 3.63) is 53.0 Å². The Hall–Kier alpha value is -3.13. The number of nitrogens with zero attached hydrogens (tertiary/aromatic N) is 3. The third-order valence-corrected chi connectivity index (χ3v) is 7.15. The number of carbonyl (C=O) groups is 2. The summed E-state index contributed by atoms with van der Waals surface area (Å²) in [5.41, 5.74) is 4.64. The van der Waals surface area contributed by atoms with Gasteiger partial charge in [0.2, 0.25) is 0 Å². The quantitative estimate of drug-likeness (QED) is 0.297. The van der Waals surface area contributed by atoms with Crippen molar-refractivity contribution >= 4 is 34.2 Å². The largest absolute Gasteiger partial charge is 0.360 e. The van der Waals surface area contributed by atoms with E-state index in [0.717, 1.165) is 51.5 Å². The molecule has 0 amide bonds. The second-order valence-electron chi connectivity index (χ2n) is 8.46. The lowest BCUT2D eigenvalue weighted by atomic mass is 10.0. The Bertz CT molecular complexity index is 1360. The van der Waals surface area contributed by atoms with E-state index in [0.29, 0.717) is 17.3 Å². The molecular formula is C24H25N5O2S. The number of hydrogen-bond acceptors (Lipinski definition) is 5. The van der Waals surface area contributed by atoms with E-state index in [9.17, 15) is 9.59 Å². The van der Waals surface area contributed by atoms with Crippen molar-refractivity contribution in [3.8, 4) is 11.4 Å². The van der Waals surface area contributed by atoms with Gasteiger partial charge < -0.3 is 9.97 Å². The molecule has 1 aliphatic carbocycles. The molecule has 32 heavy (non-hydrogen) atoms. The Balaban J connectivity index is 1.47. The molecule has 164 valence electrons. The Morgan fingerprint density at radius 1 is 1.19 bits per heavy atom. The van der Waals surface area contributed by atoms with Gasteiger partial charge in [-0.05, 0) is 52.2 Å². The molecule has 4 aromatic rings. The van der Waals surface area contributed by atoms with Gasteiger partial charge in [-0.2, -0.15) is 0 Å². The van der Waals surface area contributed by atoms with Crippen molar-refractivity contribution in [1.82, 2.24) is 24.7 Å². The summed E-state index contributed by atoms with van der Waals surface area (Å²) in [4.78, 5) is 31.6. The third kappa shape index (κ3) is 3.39. The second kappa shape index (κ2) is 7.78. The number of benzene rings is 1. The van der Waals surface area contributed by atoms with Gasteiger partial charge in [-0.25, -0.2) is 0 Å². The maximum Gasteiger partial charge on any atom is 0.192 e. The first-order chi connectivity index (χ1) is 15.4. The molecule has 3 aromatic heterocycles. The normalized spacial score (nSPS) is 14.8. The van der Waals surface area contributed by atoms with Crippen LogP contribution in [0.15, 0.2) is 35.6 Å². The molecule has 3 heterocycles. The van der Waals surface area contributed by atoms with Crippen molar-refractivity contribution in [2.75, 3.05) is 0 Å². The average molecular weight is 448 g/mol. The van der Waals surface area contributed by atoms with Gasteiger partial charge in [0.1, 0.15) is 0 Å². The van der Waals surface area contributed by atoms with Crippen molar-refractivity contribution in [3.63, 3.8) is 0 Å². The monoisotopic (exact) mass is 447 g/mol. The van der Waals surface area contributed by atoms with Crippen molar-refractivity contribution in [2.45, 2.75) is 57.0 Å². The van der Waals surface area contributed by atoms with E-state index in [4.69, 9.17) is 0 Å². The molecule has 1 aliphatic rings. The fourth-order valence-electron chi connectivity index (χ4n) is 4.40. The standard InChI is InChI=1S/C24H25N5O2S/c1-12-20(14(3)30)13(2)26-21(12)22(31)15(4)32-24-28-27-23(29(24)16-9-10-16)18-11-25-19-8-6-5-7-17(18)19/h5-8,11,15-16,25-26H,9-10H2,1-4H3. The van der Waals surface area contributed by atoms with Crippen LogP contribution in [-0.4, -0.2) is 41.5 Å². The van der Waals surface area contributed by atoms with Gasteiger partial charge in [0.25, 0.3) is 0 Å². The summed E-state index contributed by atoms with van der Waals surface area (Å²) < 4.78 is 2.18. The molecule has 5 rings (SSSR count). The highest BCUT2D eigenvalue weighted by Crippen LogP contribution is 2.43. The Morgan fingerprint density at radius 2 is 1.94 bits per heavy atom. The summed E-state index contributed by atoms with van der Waals surface area (Å²) in [6, 6.07) is 8.50. The maximum atomic E-state index is 13.2. The number of ketones is 2. The molecule has 2 N–H and O–H groups in total. The van der Waals surface area contributed by atoms with Crippen LogP contribution in [0.3, 0.4) is 0 Å². The molecule has 1 aromatic carbocycles. The molecular weight excluding hydrogens is 422 g/mol. The van der Waals surface area contributed by atoms with Gasteiger partial charge in [-0.3, -0.25) is 14.2 Å². The molecule has 1 unspecified atom stereocenters. The lowest BCUT2D eigenvalue weighted by molar-refractivity contribution is 0.0988. The van der Waals surface area contributed by atoms with E-state index in [2.05, 4.69) is 30.8 Å². The highest BCUT2D eigenvalue weighted by Gasteiger charge is 2.33. The zero-order chi connectivity index (χ0) is 22.6. The van der Waals surface area contributed by atoms with Gasteiger partial charge in [-0.1, -0.05) is 30.0 Å². The van der Waals surface area contributed by atoms with Gasteiger partial charge in [0.15, 0.2) is 22.5 Å². The summed E-state index contributed by atoms with van der Waals surface area (Å²) >= 11 is 1.42. The van der Waals surface area contributed by atoms with Crippen molar-refractivity contribution in [1.29, 1.82) is 0 Å². The Morgan fingerprint density at radius 3 is 2.62 bits per heavy atom. The first-order valence-electron chi connectivity index (χ1n) is 10.8. The van der Waals surface area contributed by atoms with E-state index in [1.807, 2.05) is 45.2 Å². The number of para-hydroxylation sites is 1. The summed E-state index contributed by atoms with van der Waals surface area (Å²) in [5, 5.41) is 10.5. The predicted octanol–water partition coefficient (Wildman–Crippen LogP) is 5.27. The molecule has 7 nitrogen and oxygen atoms in total. The summed E-state index contributed by atoms with van der Waals surface area (Å²) in [7, 11) is 0. The van der Waals surface area contributed by atoms with Gasteiger partial charge >= 0.3 is 0 Å². The number of fused-ring (bicyclic) bond motifs is 1. The number of H-pyrrole nitrogens is 2. The topological polar surface area (TPSA) is 96.4 Å². The van der Waals surface area contributed by atoms with Crippen LogP contribution in [0.2, 0.25) is 0 Å². The van der Waals surface area contributed by atoms with E-state index >= 15 is 0 Å². The second-order valence-corrected chi connectivity index (χ2v) is 9.77. The van der Waals surface area contributed by atoms with Crippen LogP contribution < -0.4 is 0 Å². The smallest absolute Gasteiger partial charge is 0.192 e. The van der Waals surface area contributed by atoms with Gasteiger partial charge in [-0.15, -0.1) is 10.2 Å². The summed E-state index contributed by atoms with van der Waals surface area (Å²) in [6.45, 7) is 7.06. The number of thioether (sulfide) groups is 1. The van der Waals surface area contributed by atoms with E-state index < -0.39 is 0 Å². The molecule has 0 saturated heterocycles. The Kier molecular flexibility index (Phi) is 5.04. The van der Waals surface area contributed by atoms with E-state index in [-0.39, 0.29) is 16.8 Å². The number of aromatic nitrogens is 5. The number of hydrogen-bond donors (Lipinski definition) is 2. The molecule has 1 atom stereocenters. The number of carbonyl (C=O) groups excluding carboxylic acids is 2. The minimum absolute atomic E-state index is 0.0348. The molecule has 1 saturated carbocycles. The lowest BCUT2D eigenvalue weighted by Crippen LogP contribution is -2.16. The average Bonchev–Trinajstić information content (AvgIpc) is 3.25. The zero-order valence-electron chi connectivity index (χ0n) is 18.5. The first kappa shape index (κ1) is 20.8. The van der Waals surface area contributed by atoms with Crippen LogP contribution in [0.4, 0.5) is 0 Å². The van der Waals surface area contributed by atoms with Crippen LogP contribution in [0.25, 0.3) is 22.3 Å². The third-order valence-electron chi connectivity index (χ3n) is 6.09. The molecule has 0 radical (unpaired) electrons. The van der Waals surface area contributed by atoms with Crippen LogP contribution in [0, 0.1) is 13.8 Å². The van der Waals surface area contributed by atoms with Crippen molar-refractivity contribution < 1.29 is 9.59 Å². The highest BCUT2D eigenvalue weighted by atomic mass is 32.2.